The number of fused-ring (bicyclic) bond motifs is 1. The summed E-state index contributed by atoms with van der Waals surface area (Å²) in [4.78, 5) is 23.2. The Morgan fingerprint density at radius 1 is 1.39 bits per heavy atom. The van der Waals surface area contributed by atoms with Crippen molar-refractivity contribution in [2.24, 2.45) is 0 Å². The molecule has 1 aromatic carbocycles. The third kappa shape index (κ3) is 3.49. The highest BCUT2D eigenvalue weighted by molar-refractivity contribution is 7.98. The second-order valence-corrected chi connectivity index (χ2v) is 10.3. The summed E-state index contributed by atoms with van der Waals surface area (Å²) in [7, 11) is -3.12. The molecule has 1 amide bonds. The molecule has 1 fully saturated rings. The highest BCUT2D eigenvalue weighted by atomic mass is 35.5. The number of nitro benzene ring substituents is 1. The summed E-state index contributed by atoms with van der Waals surface area (Å²) in [6, 6.07) is 3.49. The van der Waals surface area contributed by atoms with Crippen LogP contribution in [0.15, 0.2) is 18.2 Å². The van der Waals surface area contributed by atoms with Crippen molar-refractivity contribution < 1.29 is 18.1 Å². The maximum Gasteiger partial charge on any atom is 0.288 e. The van der Waals surface area contributed by atoms with Crippen molar-refractivity contribution in [3.63, 3.8) is 0 Å². The van der Waals surface area contributed by atoms with Crippen LogP contribution in [0.1, 0.15) is 34.1 Å². The number of nitrogens with one attached hydrogen (secondary N) is 1. The number of benzene rings is 1. The SMILES string of the molecule is O=C(Nc1c2c(nn1C1CCS(=O)(=O)C1)CSC2)c1ccc(Cl)c([N+](=O)[O-])c1. The average molecular weight is 443 g/mol. The van der Waals surface area contributed by atoms with E-state index < -0.39 is 20.7 Å². The fourth-order valence-electron chi connectivity index (χ4n) is 3.37. The third-order valence-electron chi connectivity index (χ3n) is 4.77. The summed E-state index contributed by atoms with van der Waals surface area (Å²) in [5.74, 6) is 1.34. The number of rotatable bonds is 4. The molecule has 0 radical (unpaired) electrons. The maximum absolute atomic E-state index is 12.7. The van der Waals surface area contributed by atoms with E-state index in [0.717, 1.165) is 17.3 Å². The lowest BCUT2D eigenvalue weighted by molar-refractivity contribution is -0.384. The molecule has 3 heterocycles. The first-order valence-corrected chi connectivity index (χ1v) is 11.7. The van der Waals surface area contributed by atoms with Gasteiger partial charge in [-0.2, -0.15) is 16.9 Å². The number of nitrogens with zero attached hydrogens (tertiary/aromatic N) is 3. The van der Waals surface area contributed by atoms with Crippen LogP contribution in [-0.2, 0) is 21.3 Å². The van der Waals surface area contributed by atoms with E-state index in [9.17, 15) is 23.3 Å². The number of hydrogen-bond acceptors (Lipinski definition) is 7. The Morgan fingerprint density at radius 2 is 2.18 bits per heavy atom. The number of aromatic nitrogens is 2. The molecule has 0 spiro atoms. The van der Waals surface area contributed by atoms with Crippen LogP contribution in [-0.4, -0.2) is 40.5 Å². The van der Waals surface area contributed by atoms with E-state index in [-0.39, 0.29) is 33.8 Å². The molecule has 9 nitrogen and oxygen atoms in total. The Balaban J connectivity index is 1.67. The lowest BCUT2D eigenvalue weighted by Gasteiger charge is -2.15. The highest BCUT2D eigenvalue weighted by Gasteiger charge is 2.34. The predicted molar refractivity (Wildman–Crippen MR) is 106 cm³/mol. The molecule has 2 aromatic rings. The van der Waals surface area contributed by atoms with Gasteiger partial charge in [0.2, 0.25) is 0 Å². The second-order valence-electron chi connectivity index (χ2n) is 6.65. The fourth-order valence-corrected chi connectivity index (χ4v) is 6.28. The van der Waals surface area contributed by atoms with Crippen molar-refractivity contribution in [2.75, 3.05) is 16.8 Å². The van der Waals surface area contributed by atoms with E-state index in [1.54, 1.807) is 16.4 Å². The minimum absolute atomic E-state index is 0.0179. The number of amides is 1. The zero-order valence-corrected chi connectivity index (χ0v) is 16.8. The Hall–Kier alpha value is -2.11. The zero-order valence-electron chi connectivity index (χ0n) is 14.4. The lowest BCUT2D eigenvalue weighted by atomic mass is 10.2. The van der Waals surface area contributed by atoms with Crippen molar-refractivity contribution in [2.45, 2.75) is 24.0 Å². The number of thioether (sulfide) groups is 1. The Kier molecular flexibility index (Phi) is 4.84. The molecule has 1 N–H and O–H groups in total. The third-order valence-corrected chi connectivity index (χ3v) is 7.81. The summed E-state index contributed by atoms with van der Waals surface area (Å²) >= 11 is 7.46. The van der Waals surface area contributed by atoms with Gasteiger partial charge in [-0.05, 0) is 18.6 Å². The van der Waals surface area contributed by atoms with Gasteiger partial charge in [0, 0.05) is 28.7 Å². The van der Waals surface area contributed by atoms with Gasteiger partial charge in [0.15, 0.2) is 9.84 Å². The van der Waals surface area contributed by atoms with E-state index in [4.69, 9.17) is 11.6 Å². The summed E-state index contributed by atoms with van der Waals surface area (Å²) in [6.45, 7) is 0. The van der Waals surface area contributed by atoms with Crippen LogP contribution in [0.3, 0.4) is 0 Å². The Bertz CT molecular complexity index is 1100. The maximum atomic E-state index is 12.7. The second kappa shape index (κ2) is 7.05. The molecule has 1 aromatic heterocycles. The molecule has 28 heavy (non-hydrogen) atoms. The predicted octanol–water partition coefficient (Wildman–Crippen LogP) is 2.80. The molecule has 1 saturated heterocycles. The number of carbonyl (C=O) groups is 1. The molecular weight excluding hydrogens is 428 g/mol. The number of carbonyl (C=O) groups excluding carboxylic acids is 1. The number of hydrogen-bond donors (Lipinski definition) is 1. The molecule has 1 atom stereocenters. The lowest BCUT2D eigenvalue weighted by Crippen LogP contribution is -2.20. The number of nitro groups is 1. The largest absolute Gasteiger partial charge is 0.306 e. The van der Waals surface area contributed by atoms with Crippen LogP contribution in [0.2, 0.25) is 5.02 Å². The monoisotopic (exact) mass is 442 g/mol. The molecule has 0 bridgehead atoms. The van der Waals surface area contributed by atoms with Gasteiger partial charge in [-0.15, -0.1) is 0 Å². The summed E-state index contributed by atoms with van der Waals surface area (Å²) in [5, 5.41) is 18.3. The standard InChI is InChI=1S/C16H15ClN4O5S2/c17-12-2-1-9(5-14(12)21(23)24)16(22)18-15-11-6-27-7-13(11)19-20(15)10-3-4-28(25,26)8-10/h1-2,5,10H,3-4,6-8H2,(H,18,22). The minimum Gasteiger partial charge on any atom is -0.306 e. The first-order chi connectivity index (χ1) is 13.2. The fraction of sp³-hybridized carbons (Fsp3) is 0.375. The molecule has 4 rings (SSSR count). The molecule has 0 aliphatic carbocycles. The van der Waals surface area contributed by atoms with Gasteiger partial charge in [0.1, 0.15) is 10.8 Å². The van der Waals surface area contributed by atoms with Gasteiger partial charge in [-0.1, -0.05) is 11.6 Å². The average Bonchev–Trinajstić information content (AvgIpc) is 3.30. The minimum atomic E-state index is -3.12. The van der Waals surface area contributed by atoms with Crippen LogP contribution >= 0.6 is 23.4 Å². The van der Waals surface area contributed by atoms with Crippen LogP contribution < -0.4 is 5.32 Å². The Labute approximate surface area is 169 Å². The van der Waals surface area contributed by atoms with Gasteiger partial charge >= 0.3 is 0 Å². The molecule has 2 aliphatic rings. The first kappa shape index (κ1) is 19.2. The van der Waals surface area contributed by atoms with Crippen molar-refractivity contribution in [3.8, 4) is 0 Å². The van der Waals surface area contributed by atoms with Gasteiger partial charge in [-0.25, -0.2) is 13.1 Å². The van der Waals surface area contributed by atoms with E-state index in [0.29, 0.717) is 23.7 Å². The van der Waals surface area contributed by atoms with Gasteiger partial charge < -0.3 is 5.32 Å². The molecule has 148 valence electrons. The van der Waals surface area contributed by atoms with E-state index in [1.807, 2.05) is 0 Å². The van der Waals surface area contributed by atoms with E-state index in [1.165, 1.54) is 12.1 Å². The number of anilines is 1. The summed E-state index contributed by atoms with van der Waals surface area (Å²) < 4.78 is 25.3. The van der Waals surface area contributed by atoms with Gasteiger partial charge in [0.25, 0.3) is 11.6 Å². The normalized spacial score (nSPS) is 20.1. The van der Waals surface area contributed by atoms with E-state index in [2.05, 4.69) is 10.4 Å². The number of sulfone groups is 1. The van der Waals surface area contributed by atoms with Crippen molar-refractivity contribution in [1.29, 1.82) is 0 Å². The van der Waals surface area contributed by atoms with Gasteiger partial charge in [0.05, 0.1) is 28.2 Å². The Morgan fingerprint density at radius 3 is 2.86 bits per heavy atom. The van der Waals surface area contributed by atoms with Crippen molar-refractivity contribution in [3.05, 3.63) is 50.2 Å². The van der Waals surface area contributed by atoms with Crippen molar-refractivity contribution >= 4 is 50.6 Å². The molecular formula is C16H15ClN4O5S2. The quantitative estimate of drug-likeness (QED) is 0.570. The highest BCUT2D eigenvalue weighted by Crippen LogP contribution is 2.38. The molecule has 1 unspecified atom stereocenters. The topological polar surface area (TPSA) is 124 Å². The summed E-state index contributed by atoms with van der Waals surface area (Å²) in [6.07, 6.45) is 0.436. The molecule has 12 heteroatoms. The number of halogens is 1. The first-order valence-electron chi connectivity index (χ1n) is 8.39. The van der Waals surface area contributed by atoms with Crippen LogP contribution in [0, 0.1) is 10.1 Å². The van der Waals surface area contributed by atoms with E-state index >= 15 is 0 Å². The molecule has 0 saturated carbocycles. The van der Waals surface area contributed by atoms with Crippen LogP contribution in [0.4, 0.5) is 11.5 Å². The zero-order chi connectivity index (χ0) is 20.1. The smallest absolute Gasteiger partial charge is 0.288 e. The van der Waals surface area contributed by atoms with Crippen molar-refractivity contribution in [1.82, 2.24) is 9.78 Å². The summed E-state index contributed by atoms with van der Waals surface area (Å²) in [5.41, 5.74) is 1.42. The van der Waals surface area contributed by atoms with Gasteiger partial charge in [-0.3, -0.25) is 14.9 Å². The van der Waals surface area contributed by atoms with Crippen LogP contribution in [0.5, 0.6) is 0 Å². The molecule has 2 aliphatic heterocycles. The van der Waals surface area contributed by atoms with Crippen LogP contribution in [0.25, 0.3) is 0 Å².